The van der Waals surface area contributed by atoms with Crippen LogP contribution in [-0.2, 0) is 0 Å². The summed E-state index contributed by atoms with van der Waals surface area (Å²) >= 11 is 0. The highest BCUT2D eigenvalue weighted by Crippen LogP contribution is 2.33. The van der Waals surface area contributed by atoms with E-state index in [4.69, 9.17) is 9.52 Å². The SMILES string of the molecule is C[C@@H]1C[C@@H](Nc2ccnc3cc(-c4ccc5c(c4)oc4ccccc45)nn23)[C@H](O)[C@@H]1O. The summed E-state index contributed by atoms with van der Waals surface area (Å²) in [6.07, 6.45) is 0.859. The highest BCUT2D eigenvalue weighted by Gasteiger charge is 2.39. The molecule has 0 spiro atoms. The highest BCUT2D eigenvalue weighted by molar-refractivity contribution is 6.05. The first-order valence-corrected chi connectivity index (χ1v) is 10.5. The highest BCUT2D eigenvalue weighted by atomic mass is 16.3. The standard InChI is InChI=1S/C24H22N4O3/c1-13-10-18(24(30)23(13)29)26-21-8-9-25-22-12-17(27-28(21)22)14-6-7-16-15-4-2-3-5-19(15)31-20(16)11-14/h2-9,11-13,18,23-24,26,29-30H,10H2,1H3/t13-,18-,23-,24+/m1/s1. The minimum atomic E-state index is -0.816. The fourth-order valence-corrected chi connectivity index (χ4v) is 4.62. The number of fused-ring (bicyclic) bond motifs is 4. The van der Waals surface area contributed by atoms with E-state index in [1.807, 2.05) is 49.4 Å². The molecule has 5 aromatic rings. The van der Waals surface area contributed by atoms with Crippen molar-refractivity contribution >= 4 is 33.4 Å². The van der Waals surface area contributed by atoms with Gasteiger partial charge in [0.05, 0.1) is 17.8 Å². The lowest BCUT2D eigenvalue weighted by Gasteiger charge is -2.19. The third-order valence-corrected chi connectivity index (χ3v) is 6.34. The third-order valence-electron chi connectivity index (χ3n) is 6.34. The number of nitrogens with zero attached hydrogens (tertiary/aromatic N) is 3. The summed E-state index contributed by atoms with van der Waals surface area (Å²) in [4.78, 5) is 4.43. The molecule has 3 N–H and O–H groups in total. The maximum absolute atomic E-state index is 10.3. The van der Waals surface area contributed by atoms with Gasteiger partial charge in [-0.05, 0) is 36.6 Å². The molecule has 7 heteroatoms. The second kappa shape index (κ2) is 6.80. The number of hydrogen-bond acceptors (Lipinski definition) is 6. The van der Waals surface area contributed by atoms with Crippen LogP contribution in [0.3, 0.4) is 0 Å². The molecule has 4 atom stereocenters. The van der Waals surface area contributed by atoms with Crippen molar-refractivity contribution in [3.8, 4) is 11.3 Å². The number of aliphatic hydroxyl groups is 2. The Labute approximate surface area is 177 Å². The van der Waals surface area contributed by atoms with Crippen molar-refractivity contribution in [1.82, 2.24) is 14.6 Å². The normalized spacial score (nSPS) is 23.8. The monoisotopic (exact) mass is 414 g/mol. The molecule has 0 unspecified atom stereocenters. The summed E-state index contributed by atoms with van der Waals surface area (Å²) in [5, 5.41) is 30.7. The Morgan fingerprint density at radius 1 is 1.00 bits per heavy atom. The Balaban J connectivity index is 1.39. The van der Waals surface area contributed by atoms with Gasteiger partial charge in [0.1, 0.15) is 23.1 Å². The van der Waals surface area contributed by atoms with Crippen LogP contribution in [0.2, 0.25) is 0 Å². The number of hydrogen-bond donors (Lipinski definition) is 3. The molecular formula is C24H22N4O3. The Bertz CT molecular complexity index is 1420. The van der Waals surface area contributed by atoms with Gasteiger partial charge >= 0.3 is 0 Å². The van der Waals surface area contributed by atoms with Crippen LogP contribution < -0.4 is 5.32 Å². The number of rotatable bonds is 3. The van der Waals surface area contributed by atoms with Crippen molar-refractivity contribution in [2.24, 2.45) is 5.92 Å². The second-order valence-electron chi connectivity index (χ2n) is 8.38. The van der Waals surface area contributed by atoms with Crippen molar-refractivity contribution in [3.05, 3.63) is 60.8 Å². The van der Waals surface area contributed by atoms with Crippen LogP contribution >= 0.6 is 0 Å². The van der Waals surface area contributed by atoms with E-state index in [0.717, 1.165) is 39.0 Å². The van der Waals surface area contributed by atoms with Crippen molar-refractivity contribution in [2.45, 2.75) is 31.6 Å². The van der Waals surface area contributed by atoms with Crippen LogP contribution in [-0.4, -0.2) is 43.1 Å². The number of aliphatic hydroxyl groups excluding tert-OH is 2. The Kier molecular flexibility index (Phi) is 4.03. The molecule has 3 heterocycles. The van der Waals surface area contributed by atoms with Gasteiger partial charge in [-0.2, -0.15) is 9.61 Å². The Morgan fingerprint density at radius 3 is 2.68 bits per heavy atom. The van der Waals surface area contributed by atoms with E-state index >= 15 is 0 Å². The fourth-order valence-electron chi connectivity index (χ4n) is 4.62. The quantitative estimate of drug-likeness (QED) is 0.415. The number of benzene rings is 2. The predicted molar refractivity (Wildman–Crippen MR) is 119 cm³/mol. The minimum absolute atomic E-state index is 0.0357. The zero-order valence-electron chi connectivity index (χ0n) is 16.9. The van der Waals surface area contributed by atoms with Crippen molar-refractivity contribution in [2.75, 3.05) is 5.32 Å². The topological polar surface area (TPSA) is 95.8 Å². The maximum atomic E-state index is 10.3. The van der Waals surface area contributed by atoms with Crippen molar-refractivity contribution in [3.63, 3.8) is 0 Å². The minimum Gasteiger partial charge on any atom is -0.456 e. The van der Waals surface area contributed by atoms with Crippen LogP contribution in [0, 0.1) is 5.92 Å². The summed E-state index contributed by atoms with van der Waals surface area (Å²) in [5.74, 6) is 0.764. The molecule has 1 fully saturated rings. The van der Waals surface area contributed by atoms with Crippen LogP contribution in [0.5, 0.6) is 0 Å². The first-order chi connectivity index (χ1) is 15.1. The predicted octanol–water partition coefficient (Wildman–Crippen LogP) is 3.84. The van der Waals surface area contributed by atoms with E-state index in [9.17, 15) is 10.2 Å². The molecule has 31 heavy (non-hydrogen) atoms. The third kappa shape index (κ3) is 2.89. The van der Waals surface area contributed by atoms with Gasteiger partial charge in [0.25, 0.3) is 0 Å². The summed E-state index contributed by atoms with van der Waals surface area (Å²) in [5.41, 5.74) is 4.10. The molecule has 0 saturated heterocycles. The lowest BCUT2D eigenvalue weighted by atomic mass is 10.1. The number of furan rings is 1. The van der Waals surface area contributed by atoms with E-state index in [-0.39, 0.29) is 12.0 Å². The smallest absolute Gasteiger partial charge is 0.157 e. The molecule has 0 amide bonds. The van der Waals surface area contributed by atoms with Gasteiger partial charge in [-0.25, -0.2) is 4.98 Å². The Morgan fingerprint density at radius 2 is 1.84 bits per heavy atom. The molecule has 0 radical (unpaired) electrons. The molecule has 1 aliphatic carbocycles. The molecule has 7 nitrogen and oxygen atoms in total. The number of para-hydroxylation sites is 1. The first kappa shape index (κ1) is 18.4. The van der Waals surface area contributed by atoms with Crippen LogP contribution in [0.4, 0.5) is 5.82 Å². The fraction of sp³-hybridized carbons (Fsp3) is 0.250. The van der Waals surface area contributed by atoms with Gasteiger partial charge < -0.3 is 19.9 Å². The van der Waals surface area contributed by atoms with Crippen LogP contribution in [0.15, 0.2) is 65.2 Å². The second-order valence-corrected chi connectivity index (χ2v) is 8.38. The molecule has 0 bridgehead atoms. The summed E-state index contributed by atoms with van der Waals surface area (Å²) in [7, 11) is 0. The van der Waals surface area contributed by atoms with E-state index < -0.39 is 12.2 Å². The van der Waals surface area contributed by atoms with E-state index in [1.54, 1.807) is 10.7 Å². The van der Waals surface area contributed by atoms with Gasteiger partial charge in [0.2, 0.25) is 0 Å². The summed E-state index contributed by atoms with van der Waals surface area (Å²) < 4.78 is 7.76. The summed E-state index contributed by atoms with van der Waals surface area (Å²) in [6.45, 7) is 1.94. The van der Waals surface area contributed by atoms with E-state index in [0.29, 0.717) is 12.1 Å². The maximum Gasteiger partial charge on any atom is 0.157 e. The van der Waals surface area contributed by atoms with Crippen LogP contribution in [0.1, 0.15) is 13.3 Å². The molecule has 0 aliphatic heterocycles. The van der Waals surface area contributed by atoms with E-state index in [1.165, 1.54) is 0 Å². The molecule has 3 aromatic heterocycles. The Hall–Kier alpha value is -3.42. The number of aromatic nitrogens is 3. The van der Waals surface area contributed by atoms with Gasteiger partial charge in [0.15, 0.2) is 5.65 Å². The molecule has 2 aromatic carbocycles. The molecular weight excluding hydrogens is 392 g/mol. The zero-order chi connectivity index (χ0) is 21.1. The largest absolute Gasteiger partial charge is 0.456 e. The van der Waals surface area contributed by atoms with Gasteiger partial charge in [-0.1, -0.05) is 31.2 Å². The first-order valence-electron chi connectivity index (χ1n) is 10.5. The zero-order valence-corrected chi connectivity index (χ0v) is 16.9. The van der Waals surface area contributed by atoms with Crippen molar-refractivity contribution in [1.29, 1.82) is 0 Å². The van der Waals surface area contributed by atoms with E-state index in [2.05, 4.69) is 22.4 Å². The number of anilines is 1. The molecule has 156 valence electrons. The van der Waals surface area contributed by atoms with Crippen molar-refractivity contribution < 1.29 is 14.6 Å². The van der Waals surface area contributed by atoms with Gasteiger partial charge in [0, 0.05) is 28.6 Å². The number of nitrogens with one attached hydrogen (secondary N) is 1. The van der Waals surface area contributed by atoms with Crippen LogP contribution in [0.25, 0.3) is 38.8 Å². The lowest BCUT2D eigenvalue weighted by Crippen LogP contribution is -2.35. The molecule has 1 saturated carbocycles. The average molecular weight is 414 g/mol. The van der Waals surface area contributed by atoms with Gasteiger partial charge in [-0.3, -0.25) is 0 Å². The summed E-state index contributed by atoms with van der Waals surface area (Å²) in [6, 6.07) is 17.6. The lowest BCUT2D eigenvalue weighted by molar-refractivity contribution is 0.0210. The molecule has 6 rings (SSSR count). The van der Waals surface area contributed by atoms with Gasteiger partial charge in [-0.15, -0.1) is 0 Å². The average Bonchev–Trinajstić information content (AvgIpc) is 3.44. The molecule has 1 aliphatic rings.